The monoisotopic (exact) mass is 620 g/mol. The zero-order valence-corrected chi connectivity index (χ0v) is 27.6. The van der Waals surface area contributed by atoms with Gasteiger partial charge >= 0.3 is 0 Å². The maximum absolute atomic E-state index is 9.59. The highest BCUT2D eigenvalue weighted by molar-refractivity contribution is 6.04. The summed E-state index contributed by atoms with van der Waals surface area (Å²) in [5, 5.41) is 11.9. The minimum absolute atomic E-state index is 0.124. The Labute approximate surface area is 277 Å². The smallest absolute Gasteiger partial charge is 0.209 e. The fourth-order valence-corrected chi connectivity index (χ4v) is 7.91. The van der Waals surface area contributed by atoms with E-state index in [1.807, 2.05) is 7.05 Å². The molecule has 5 heteroatoms. The van der Waals surface area contributed by atoms with Crippen LogP contribution in [0.3, 0.4) is 0 Å². The second-order valence-corrected chi connectivity index (χ2v) is 13.2. The molecule has 236 valence electrons. The number of aliphatic hydroxyl groups is 1. The highest BCUT2D eigenvalue weighted by atomic mass is 16.3. The summed E-state index contributed by atoms with van der Waals surface area (Å²) in [6, 6.07) is 35.6. The Hall–Kier alpha value is -4.87. The van der Waals surface area contributed by atoms with Crippen molar-refractivity contribution in [3.05, 3.63) is 125 Å². The van der Waals surface area contributed by atoms with Crippen LogP contribution in [0.1, 0.15) is 35.1 Å². The molecule has 4 aromatic rings. The Morgan fingerprint density at radius 3 is 2.40 bits per heavy atom. The number of hydrogen-bond acceptors (Lipinski definition) is 4. The lowest BCUT2D eigenvalue weighted by Gasteiger charge is -2.31. The van der Waals surface area contributed by atoms with Gasteiger partial charge < -0.3 is 19.3 Å². The van der Waals surface area contributed by atoms with E-state index in [0.717, 1.165) is 77.8 Å². The summed E-state index contributed by atoms with van der Waals surface area (Å²) < 4.78 is 9.38. The van der Waals surface area contributed by atoms with E-state index < -0.39 is 0 Å². The van der Waals surface area contributed by atoms with E-state index in [1.165, 1.54) is 44.8 Å². The molecule has 3 aliphatic heterocycles. The summed E-state index contributed by atoms with van der Waals surface area (Å²) in [4.78, 5) is 4.56. The van der Waals surface area contributed by atoms with Crippen LogP contribution in [-0.4, -0.2) is 38.4 Å². The molecule has 1 N–H and O–H groups in total. The predicted molar refractivity (Wildman–Crippen MR) is 194 cm³/mol. The van der Waals surface area contributed by atoms with Crippen molar-refractivity contribution in [2.45, 2.75) is 39.5 Å². The molecular formula is C42H42N3O2+. The van der Waals surface area contributed by atoms with Crippen molar-refractivity contribution < 1.29 is 9.52 Å². The van der Waals surface area contributed by atoms with Gasteiger partial charge in [-0.05, 0) is 91.8 Å². The summed E-state index contributed by atoms with van der Waals surface area (Å²) in [6.45, 7) is 7.11. The zero-order chi connectivity index (χ0) is 32.1. The molecule has 0 saturated heterocycles. The number of para-hydroxylation sites is 2. The quantitative estimate of drug-likeness (QED) is 0.155. The van der Waals surface area contributed by atoms with Crippen LogP contribution in [0.5, 0.6) is 0 Å². The predicted octanol–water partition coefficient (Wildman–Crippen LogP) is 8.38. The number of fused-ring (bicyclic) bond motifs is 4. The van der Waals surface area contributed by atoms with E-state index in [0.29, 0.717) is 6.54 Å². The van der Waals surface area contributed by atoms with Gasteiger partial charge in [-0.1, -0.05) is 36.4 Å². The molecule has 0 saturated carbocycles. The van der Waals surface area contributed by atoms with Crippen LogP contribution >= 0.6 is 0 Å². The Morgan fingerprint density at radius 2 is 1.57 bits per heavy atom. The van der Waals surface area contributed by atoms with E-state index in [9.17, 15) is 5.11 Å². The lowest BCUT2D eigenvalue weighted by Crippen LogP contribution is -2.30. The van der Waals surface area contributed by atoms with Crippen LogP contribution in [-0.2, 0) is 12.8 Å². The molecule has 3 heterocycles. The summed E-state index contributed by atoms with van der Waals surface area (Å²) >= 11 is 0. The SMILES string of the molecule is Cc1cc(N(C)CCO)cc(C)c1-c1c2ccc(=[N+]3CCCc4ccccc43)cc-2oc2cc(N3CCCc4ccccc43)ccc12. The molecule has 47 heavy (non-hydrogen) atoms. The van der Waals surface area contributed by atoms with E-state index in [4.69, 9.17) is 4.42 Å². The van der Waals surface area contributed by atoms with E-state index in [1.54, 1.807) is 0 Å². The first-order valence-corrected chi connectivity index (χ1v) is 17.0. The Bertz CT molecular complexity index is 2150. The molecule has 5 nitrogen and oxygen atoms in total. The minimum Gasteiger partial charge on any atom is -0.456 e. The molecule has 1 aliphatic carbocycles. The molecular weight excluding hydrogens is 578 g/mol. The minimum atomic E-state index is 0.124. The highest BCUT2D eigenvalue weighted by Gasteiger charge is 2.26. The summed E-state index contributed by atoms with van der Waals surface area (Å²) in [6.07, 6.45) is 4.49. The second-order valence-electron chi connectivity index (χ2n) is 13.2. The van der Waals surface area contributed by atoms with Crippen LogP contribution in [0.25, 0.3) is 33.4 Å². The third kappa shape index (κ3) is 5.19. The molecule has 0 unspecified atom stereocenters. The normalized spacial score (nSPS) is 15.5. The van der Waals surface area contributed by atoms with Crippen molar-refractivity contribution in [1.82, 2.24) is 4.58 Å². The number of aliphatic hydroxyl groups excluding tert-OH is 1. The molecule has 0 radical (unpaired) electrons. The number of nitrogens with zero attached hydrogens (tertiary/aromatic N) is 3. The van der Waals surface area contributed by atoms with Crippen molar-refractivity contribution in [1.29, 1.82) is 0 Å². The summed E-state index contributed by atoms with van der Waals surface area (Å²) in [7, 11) is 2.04. The molecule has 0 bridgehead atoms. The van der Waals surface area contributed by atoms with Crippen LogP contribution in [0.4, 0.5) is 22.7 Å². The van der Waals surface area contributed by atoms with E-state index >= 15 is 0 Å². The number of aryl methyl sites for hydroxylation is 4. The molecule has 0 amide bonds. The fraction of sp³-hybridized carbons (Fsp3) is 0.262. The third-order valence-electron chi connectivity index (χ3n) is 10.2. The molecule has 8 rings (SSSR count). The van der Waals surface area contributed by atoms with Crippen molar-refractivity contribution in [2.24, 2.45) is 0 Å². The van der Waals surface area contributed by atoms with Gasteiger partial charge in [0.2, 0.25) is 11.0 Å². The Balaban J connectivity index is 1.38. The number of hydrogen-bond donors (Lipinski definition) is 1. The summed E-state index contributed by atoms with van der Waals surface area (Å²) in [5.41, 5.74) is 14.5. The largest absolute Gasteiger partial charge is 0.456 e. The Morgan fingerprint density at radius 1 is 0.809 bits per heavy atom. The first-order valence-electron chi connectivity index (χ1n) is 17.0. The van der Waals surface area contributed by atoms with Crippen molar-refractivity contribution in [3.8, 4) is 22.5 Å². The van der Waals surface area contributed by atoms with E-state index in [2.05, 4.69) is 125 Å². The Kier molecular flexibility index (Phi) is 7.57. The number of anilines is 3. The average Bonchev–Trinajstić information content (AvgIpc) is 3.10. The van der Waals surface area contributed by atoms with Gasteiger partial charge in [0.05, 0.1) is 12.7 Å². The lowest BCUT2D eigenvalue weighted by molar-refractivity contribution is 0.304. The van der Waals surface area contributed by atoms with Crippen LogP contribution < -0.4 is 19.7 Å². The van der Waals surface area contributed by atoms with Crippen molar-refractivity contribution in [3.63, 3.8) is 0 Å². The van der Waals surface area contributed by atoms with Gasteiger partial charge in [0, 0.05) is 83.9 Å². The van der Waals surface area contributed by atoms with Crippen LogP contribution in [0.2, 0.25) is 0 Å². The highest BCUT2D eigenvalue weighted by Crippen LogP contribution is 2.45. The zero-order valence-electron chi connectivity index (χ0n) is 27.6. The average molecular weight is 621 g/mol. The maximum Gasteiger partial charge on any atom is 0.209 e. The third-order valence-corrected chi connectivity index (χ3v) is 10.2. The standard InChI is InChI=1S/C42H42N3O2/c1-28-24-34(43(3)22-23-46)25-29(2)41(28)42-35-18-16-32(44-20-8-12-30-10-4-6-14-37(30)44)26-39(35)47-40-27-33(17-19-36(40)42)45-21-9-13-31-11-5-7-15-38(31)45/h4-7,10-11,14-19,24-27,46H,8-9,12-13,20-23H2,1-3H3/q+1. The number of benzene rings is 5. The van der Waals surface area contributed by atoms with Gasteiger partial charge in [-0.25, -0.2) is 0 Å². The van der Waals surface area contributed by atoms with E-state index in [-0.39, 0.29) is 6.61 Å². The second kappa shape index (κ2) is 12.1. The molecule has 4 aliphatic rings. The van der Waals surface area contributed by atoms with Gasteiger partial charge in [-0.3, -0.25) is 0 Å². The number of rotatable bonds is 5. The van der Waals surface area contributed by atoms with Crippen LogP contribution in [0, 0.1) is 13.8 Å². The molecule has 0 atom stereocenters. The van der Waals surface area contributed by atoms with Gasteiger partial charge in [0.1, 0.15) is 17.9 Å². The fourth-order valence-electron chi connectivity index (χ4n) is 7.91. The molecule has 0 spiro atoms. The van der Waals surface area contributed by atoms with Gasteiger partial charge in [0.15, 0.2) is 0 Å². The summed E-state index contributed by atoms with van der Waals surface area (Å²) in [5.74, 6) is 0.893. The van der Waals surface area contributed by atoms with Gasteiger partial charge in [-0.15, -0.1) is 0 Å². The topological polar surface area (TPSA) is 42.9 Å². The molecule has 0 fully saturated rings. The number of likely N-dealkylation sites (N-methyl/N-ethyl adjacent to an activating group) is 1. The first-order chi connectivity index (χ1) is 23.0. The van der Waals surface area contributed by atoms with Gasteiger partial charge in [0.25, 0.3) is 0 Å². The van der Waals surface area contributed by atoms with Crippen LogP contribution in [0.15, 0.2) is 101 Å². The lowest BCUT2D eigenvalue weighted by atomic mass is 9.88. The molecule has 0 aromatic heterocycles. The van der Waals surface area contributed by atoms with Gasteiger partial charge in [-0.2, -0.15) is 4.58 Å². The van der Waals surface area contributed by atoms with Crippen molar-refractivity contribution in [2.75, 3.05) is 43.1 Å². The van der Waals surface area contributed by atoms with Crippen molar-refractivity contribution >= 4 is 33.7 Å². The maximum atomic E-state index is 9.59. The molecule has 4 aromatic carbocycles. The first kappa shape index (κ1) is 29.5.